The first kappa shape index (κ1) is 15.1. The molecule has 2 unspecified atom stereocenters. The van der Waals surface area contributed by atoms with Gasteiger partial charge in [0.1, 0.15) is 11.8 Å². The fourth-order valence-corrected chi connectivity index (χ4v) is 4.03. The Kier molecular flexibility index (Phi) is 5.01. The lowest BCUT2D eigenvalue weighted by Crippen LogP contribution is -2.39. The molecule has 3 heterocycles. The van der Waals surface area contributed by atoms with Crippen LogP contribution in [-0.4, -0.2) is 30.6 Å². The lowest BCUT2D eigenvalue weighted by molar-refractivity contribution is 0.246. The zero-order valence-corrected chi connectivity index (χ0v) is 13.8. The molecule has 1 aliphatic heterocycles. The summed E-state index contributed by atoms with van der Waals surface area (Å²) in [7, 11) is 0. The van der Waals surface area contributed by atoms with Gasteiger partial charge in [-0.1, -0.05) is 11.6 Å². The smallest absolute Gasteiger partial charge is 0.126 e. The van der Waals surface area contributed by atoms with Gasteiger partial charge in [0.25, 0.3) is 0 Å². The lowest BCUT2D eigenvalue weighted by atomic mass is 10.1. The first-order valence-electron chi connectivity index (χ1n) is 7.50. The van der Waals surface area contributed by atoms with Gasteiger partial charge in [-0.05, 0) is 57.1 Å². The number of nitrogens with one attached hydrogen (secondary N) is 1. The van der Waals surface area contributed by atoms with Crippen LogP contribution in [0.4, 0.5) is 0 Å². The maximum absolute atomic E-state index is 6.08. The summed E-state index contributed by atoms with van der Waals surface area (Å²) < 4.78 is 6.42. The third kappa shape index (κ3) is 3.69. The van der Waals surface area contributed by atoms with E-state index in [1.54, 1.807) is 17.6 Å². The Balaban J connectivity index is 1.68. The standard InChI is InChI=1S/C16H21ClN2OS/c1-12(19-8-2-3-9-19)11-18-16(13-5-4-10-20-13)14-6-7-15(17)21-14/h4-7,10,12,16,18H,2-3,8-9,11H2,1H3. The summed E-state index contributed by atoms with van der Waals surface area (Å²) in [6.07, 6.45) is 4.38. The highest BCUT2D eigenvalue weighted by Crippen LogP contribution is 2.31. The minimum Gasteiger partial charge on any atom is -0.467 e. The molecule has 2 aromatic heterocycles. The van der Waals surface area contributed by atoms with Crippen molar-refractivity contribution in [2.75, 3.05) is 19.6 Å². The molecule has 2 atom stereocenters. The van der Waals surface area contributed by atoms with Crippen molar-refractivity contribution < 1.29 is 4.42 Å². The summed E-state index contributed by atoms with van der Waals surface area (Å²) in [5.74, 6) is 0.946. The minimum atomic E-state index is 0.0857. The van der Waals surface area contributed by atoms with E-state index in [0.29, 0.717) is 6.04 Å². The molecule has 5 heteroatoms. The van der Waals surface area contributed by atoms with E-state index in [1.165, 1.54) is 30.8 Å². The molecule has 0 saturated carbocycles. The molecule has 1 fully saturated rings. The largest absolute Gasteiger partial charge is 0.467 e. The zero-order chi connectivity index (χ0) is 14.7. The van der Waals surface area contributed by atoms with Crippen LogP contribution in [0.25, 0.3) is 0 Å². The Morgan fingerprint density at radius 2 is 2.14 bits per heavy atom. The molecule has 1 saturated heterocycles. The van der Waals surface area contributed by atoms with Gasteiger partial charge in [0.2, 0.25) is 0 Å². The van der Waals surface area contributed by atoms with Gasteiger partial charge >= 0.3 is 0 Å². The molecular weight excluding hydrogens is 304 g/mol. The van der Waals surface area contributed by atoms with Crippen LogP contribution in [-0.2, 0) is 0 Å². The van der Waals surface area contributed by atoms with Gasteiger partial charge in [0, 0.05) is 17.5 Å². The molecule has 0 amide bonds. The third-order valence-corrected chi connectivity index (χ3v) is 5.38. The second-order valence-corrected chi connectivity index (χ2v) is 7.34. The van der Waals surface area contributed by atoms with Gasteiger partial charge in [-0.25, -0.2) is 0 Å². The summed E-state index contributed by atoms with van der Waals surface area (Å²) in [5, 5.41) is 3.64. The summed E-state index contributed by atoms with van der Waals surface area (Å²) in [6, 6.07) is 8.61. The number of likely N-dealkylation sites (tertiary alicyclic amines) is 1. The lowest BCUT2D eigenvalue weighted by Gasteiger charge is -2.26. The van der Waals surface area contributed by atoms with Crippen LogP contribution >= 0.6 is 22.9 Å². The maximum Gasteiger partial charge on any atom is 0.126 e. The molecule has 3 rings (SSSR count). The van der Waals surface area contributed by atoms with Crippen molar-refractivity contribution in [1.29, 1.82) is 0 Å². The fourth-order valence-electron chi connectivity index (χ4n) is 2.88. The van der Waals surface area contributed by atoms with E-state index in [2.05, 4.69) is 23.2 Å². The second-order valence-electron chi connectivity index (χ2n) is 5.59. The van der Waals surface area contributed by atoms with E-state index in [9.17, 15) is 0 Å². The molecule has 21 heavy (non-hydrogen) atoms. The van der Waals surface area contributed by atoms with Crippen LogP contribution in [0.1, 0.15) is 36.4 Å². The molecule has 0 radical (unpaired) electrons. The Hall–Kier alpha value is -0.810. The Morgan fingerprint density at radius 3 is 2.76 bits per heavy atom. The van der Waals surface area contributed by atoms with Crippen LogP contribution in [0.5, 0.6) is 0 Å². The van der Waals surface area contributed by atoms with E-state index in [-0.39, 0.29) is 6.04 Å². The maximum atomic E-state index is 6.08. The van der Waals surface area contributed by atoms with Gasteiger partial charge in [-0.15, -0.1) is 11.3 Å². The van der Waals surface area contributed by atoms with Crippen molar-refractivity contribution in [3.8, 4) is 0 Å². The number of nitrogens with zero attached hydrogens (tertiary/aromatic N) is 1. The first-order valence-corrected chi connectivity index (χ1v) is 8.69. The topological polar surface area (TPSA) is 28.4 Å². The van der Waals surface area contributed by atoms with Crippen LogP contribution in [0, 0.1) is 0 Å². The van der Waals surface area contributed by atoms with E-state index in [4.69, 9.17) is 16.0 Å². The second kappa shape index (κ2) is 6.97. The van der Waals surface area contributed by atoms with E-state index in [1.807, 2.05) is 18.2 Å². The average molecular weight is 325 g/mol. The van der Waals surface area contributed by atoms with Gasteiger partial charge in [-0.2, -0.15) is 0 Å². The highest BCUT2D eigenvalue weighted by atomic mass is 35.5. The molecule has 0 aromatic carbocycles. The van der Waals surface area contributed by atoms with Crippen LogP contribution in [0.3, 0.4) is 0 Å². The molecule has 0 spiro atoms. The number of hydrogen-bond donors (Lipinski definition) is 1. The van der Waals surface area contributed by atoms with E-state index >= 15 is 0 Å². The Labute approximate surface area is 134 Å². The Morgan fingerprint density at radius 1 is 1.33 bits per heavy atom. The molecule has 0 bridgehead atoms. The molecule has 0 aliphatic carbocycles. The molecule has 1 aliphatic rings. The highest BCUT2D eigenvalue weighted by molar-refractivity contribution is 7.16. The SMILES string of the molecule is CC(CNC(c1ccco1)c1ccc(Cl)s1)N1CCCC1. The summed E-state index contributed by atoms with van der Waals surface area (Å²) in [6.45, 7) is 5.68. The Bertz CT molecular complexity index is 548. The van der Waals surface area contributed by atoms with Gasteiger partial charge in [0.15, 0.2) is 0 Å². The van der Waals surface area contributed by atoms with Crippen molar-refractivity contribution in [3.05, 3.63) is 45.5 Å². The summed E-state index contributed by atoms with van der Waals surface area (Å²) in [4.78, 5) is 3.75. The van der Waals surface area contributed by atoms with Crippen molar-refractivity contribution in [2.24, 2.45) is 0 Å². The predicted molar refractivity (Wildman–Crippen MR) is 88.2 cm³/mol. The molecule has 114 valence electrons. The molecular formula is C16H21ClN2OS. The molecule has 1 N–H and O–H groups in total. The molecule has 3 nitrogen and oxygen atoms in total. The van der Waals surface area contributed by atoms with E-state index < -0.39 is 0 Å². The highest BCUT2D eigenvalue weighted by Gasteiger charge is 2.22. The number of hydrogen-bond acceptors (Lipinski definition) is 4. The van der Waals surface area contributed by atoms with Gasteiger partial charge in [0.05, 0.1) is 10.6 Å². The monoisotopic (exact) mass is 324 g/mol. The zero-order valence-electron chi connectivity index (χ0n) is 12.2. The quantitative estimate of drug-likeness (QED) is 0.865. The third-order valence-electron chi connectivity index (χ3n) is 4.09. The van der Waals surface area contributed by atoms with Crippen molar-refractivity contribution >= 4 is 22.9 Å². The number of halogens is 1. The van der Waals surface area contributed by atoms with Crippen LogP contribution in [0.15, 0.2) is 34.9 Å². The van der Waals surface area contributed by atoms with Crippen molar-refractivity contribution in [1.82, 2.24) is 10.2 Å². The average Bonchev–Trinajstić information content (AvgIpc) is 3.21. The fraction of sp³-hybridized carbons (Fsp3) is 0.500. The van der Waals surface area contributed by atoms with E-state index in [0.717, 1.165) is 16.6 Å². The summed E-state index contributed by atoms with van der Waals surface area (Å²) >= 11 is 7.69. The molecule has 2 aromatic rings. The summed E-state index contributed by atoms with van der Waals surface area (Å²) in [5.41, 5.74) is 0. The van der Waals surface area contributed by atoms with Crippen molar-refractivity contribution in [2.45, 2.75) is 31.8 Å². The van der Waals surface area contributed by atoms with Crippen LogP contribution in [0.2, 0.25) is 4.34 Å². The number of furan rings is 1. The first-order chi connectivity index (χ1) is 10.2. The van der Waals surface area contributed by atoms with Crippen molar-refractivity contribution in [3.63, 3.8) is 0 Å². The normalized spacial score (nSPS) is 19.0. The minimum absolute atomic E-state index is 0.0857. The van der Waals surface area contributed by atoms with Crippen LogP contribution < -0.4 is 5.32 Å². The number of thiophene rings is 1. The van der Waals surface area contributed by atoms with Gasteiger partial charge in [-0.3, -0.25) is 4.90 Å². The van der Waals surface area contributed by atoms with Gasteiger partial charge < -0.3 is 9.73 Å². The number of rotatable bonds is 6. The predicted octanol–water partition coefficient (Wildman–Crippen LogP) is 4.16.